The number of nitrogens with one attached hydrogen (secondary N) is 2. The second-order valence-corrected chi connectivity index (χ2v) is 9.37. The van der Waals surface area contributed by atoms with Crippen molar-refractivity contribution in [1.29, 1.82) is 0 Å². The third kappa shape index (κ3) is 4.97. The zero-order valence-corrected chi connectivity index (χ0v) is 21.1. The van der Waals surface area contributed by atoms with Crippen LogP contribution in [-0.4, -0.2) is 52.0 Å². The van der Waals surface area contributed by atoms with E-state index in [0.717, 1.165) is 48.2 Å². The summed E-state index contributed by atoms with van der Waals surface area (Å²) in [5.41, 5.74) is 10.6. The SMILES string of the molecule is CCC(=O)N1CCC(c2ccc(Nc3cc(N(C)c4cccc5[nH]ncc45)c(C(N)=O)cn3)cc2)CC1. The monoisotopic (exact) mass is 497 g/mol. The van der Waals surface area contributed by atoms with Gasteiger partial charge >= 0.3 is 0 Å². The summed E-state index contributed by atoms with van der Waals surface area (Å²) in [4.78, 5) is 32.5. The maximum absolute atomic E-state index is 12.2. The van der Waals surface area contributed by atoms with Crippen molar-refractivity contribution in [3.63, 3.8) is 0 Å². The van der Waals surface area contributed by atoms with Crippen molar-refractivity contribution >= 4 is 45.6 Å². The first-order valence-corrected chi connectivity index (χ1v) is 12.5. The molecule has 2 aromatic heterocycles. The Balaban J connectivity index is 1.34. The van der Waals surface area contributed by atoms with Gasteiger partial charge in [0.05, 0.1) is 28.7 Å². The molecule has 0 radical (unpaired) electrons. The van der Waals surface area contributed by atoms with Crippen LogP contribution in [-0.2, 0) is 4.79 Å². The van der Waals surface area contributed by atoms with Gasteiger partial charge in [0.25, 0.3) is 5.91 Å². The second-order valence-electron chi connectivity index (χ2n) is 9.37. The molecule has 9 heteroatoms. The van der Waals surface area contributed by atoms with Crippen molar-refractivity contribution in [2.24, 2.45) is 5.73 Å². The number of primary amides is 1. The fourth-order valence-electron chi connectivity index (χ4n) is 5.03. The number of fused-ring (bicyclic) bond motifs is 1. The van der Waals surface area contributed by atoms with E-state index in [9.17, 15) is 9.59 Å². The van der Waals surface area contributed by atoms with Crippen LogP contribution >= 0.6 is 0 Å². The van der Waals surface area contributed by atoms with Crippen LogP contribution in [0, 0.1) is 0 Å². The molecular weight excluding hydrogens is 466 g/mol. The molecule has 4 N–H and O–H groups in total. The van der Waals surface area contributed by atoms with E-state index >= 15 is 0 Å². The first kappa shape index (κ1) is 24.3. The summed E-state index contributed by atoms with van der Waals surface area (Å²) in [6.45, 7) is 3.55. The van der Waals surface area contributed by atoms with Gasteiger partial charge in [-0.3, -0.25) is 14.7 Å². The van der Waals surface area contributed by atoms with Crippen LogP contribution in [0.4, 0.5) is 22.9 Å². The Hall–Kier alpha value is -4.40. The number of aromatic amines is 1. The van der Waals surface area contributed by atoms with Gasteiger partial charge in [-0.05, 0) is 48.6 Å². The number of rotatable bonds is 7. The molecule has 0 bridgehead atoms. The number of anilines is 4. The maximum Gasteiger partial charge on any atom is 0.252 e. The average molecular weight is 498 g/mol. The number of aromatic nitrogens is 3. The van der Waals surface area contributed by atoms with Gasteiger partial charge in [0, 0.05) is 49.9 Å². The van der Waals surface area contributed by atoms with Crippen molar-refractivity contribution in [2.45, 2.75) is 32.1 Å². The molecule has 0 unspecified atom stereocenters. The molecule has 5 rings (SSSR count). The van der Waals surface area contributed by atoms with E-state index < -0.39 is 5.91 Å². The van der Waals surface area contributed by atoms with Crippen molar-refractivity contribution in [2.75, 3.05) is 30.4 Å². The van der Waals surface area contributed by atoms with E-state index in [1.807, 2.05) is 60.2 Å². The van der Waals surface area contributed by atoms with Crippen LogP contribution in [0.25, 0.3) is 10.9 Å². The Morgan fingerprint density at radius 1 is 1.11 bits per heavy atom. The first-order valence-electron chi connectivity index (χ1n) is 12.5. The van der Waals surface area contributed by atoms with E-state index in [1.54, 1.807) is 6.20 Å². The number of H-pyrrole nitrogens is 1. The molecule has 1 saturated heterocycles. The Morgan fingerprint density at radius 2 is 1.86 bits per heavy atom. The molecule has 0 saturated carbocycles. The summed E-state index contributed by atoms with van der Waals surface area (Å²) in [5, 5.41) is 11.4. The molecule has 2 amide bonds. The van der Waals surface area contributed by atoms with Crippen LogP contribution in [0.3, 0.4) is 0 Å². The molecule has 1 aliphatic heterocycles. The van der Waals surface area contributed by atoms with Gasteiger partial charge in [0.2, 0.25) is 5.91 Å². The van der Waals surface area contributed by atoms with Gasteiger partial charge in [-0.1, -0.05) is 25.1 Å². The molecule has 0 aliphatic carbocycles. The summed E-state index contributed by atoms with van der Waals surface area (Å²) < 4.78 is 0. The fourth-order valence-corrected chi connectivity index (χ4v) is 5.03. The van der Waals surface area contributed by atoms with Crippen molar-refractivity contribution in [3.8, 4) is 0 Å². The van der Waals surface area contributed by atoms with E-state index in [4.69, 9.17) is 5.73 Å². The van der Waals surface area contributed by atoms with Crippen LogP contribution in [0.1, 0.15) is 48.0 Å². The zero-order valence-electron chi connectivity index (χ0n) is 21.1. The fraction of sp³-hybridized carbons (Fsp3) is 0.286. The number of nitrogens with two attached hydrogens (primary N) is 1. The molecule has 2 aromatic carbocycles. The van der Waals surface area contributed by atoms with Gasteiger partial charge in [-0.2, -0.15) is 5.10 Å². The standard InChI is InChI=1S/C28H31N7O2/c1-3-27(36)35-13-11-19(12-14-35)18-7-9-20(10-8-18)32-26-15-25(22(16-30-26)28(29)37)34(2)24-6-4-5-23-21(24)17-31-33-23/h4-10,15-17,19H,3,11-14H2,1-2H3,(H2,29,37)(H,30,32)(H,31,33). The van der Waals surface area contributed by atoms with Gasteiger partial charge in [0.15, 0.2) is 0 Å². The highest BCUT2D eigenvalue weighted by Gasteiger charge is 2.23. The number of amides is 2. The predicted molar refractivity (Wildman–Crippen MR) is 145 cm³/mol. The topological polar surface area (TPSA) is 120 Å². The lowest BCUT2D eigenvalue weighted by Gasteiger charge is -2.32. The average Bonchev–Trinajstić information content (AvgIpc) is 3.42. The number of likely N-dealkylation sites (tertiary alicyclic amines) is 1. The summed E-state index contributed by atoms with van der Waals surface area (Å²) in [6.07, 6.45) is 5.79. The normalized spacial score (nSPS) is 14.1. The maximum atomic E-state index is 12.2. The Labute approximate surface area is 215 Å². The quantitative estimate of drug-likeness (QED) is 0.341. The Morgan fingerprint density at radius 3 is 2.57 bits per heavy atom. The minimum Gasteiger partial charge on any atom is -0.365 e. The van der Waals surface area contributed by atoms with Crippen LogP contribution in [0.2, 0.25) is 0 Å². The molecule has 4 aromatic rings. The van der Waals surface area contributed by atoms with Gasteiger partial charge in [-0.25, -0.2) is 4.98 Å². The highest BCUT2D eigenvalue weighted by molar-refractivity contribution is 6.02. The van der Waals surface area contributed by atoms with E-state index in [-0.39, 0.29) is 5.91 Å². The second kappa shape index (κ2) is 10.3. The van der Waals surface area contributed by atoms with Crippen LogP contribution in [0.15, 0.2) is 60.9 Å². The Kier molecular flexibility index (Phi) is 6.76. The van der Waals surface area contributed by atoms with Crippen molar-refractivity contribution in [1.82, 2.24) is 20.1 Å². The number of piperidine rings is 1. The molecule has 0 spiro atoms. The molecule has 37 heavy (non-hydrogen) atoms. The Bertz CT molecular complexity index is 1420. The molecule has 9 nitrogen and oxygen atoms in total. The highest BCUT2D eigenvalue weighted by Crippen LogP contribution is 2.34. The van der Waals surface area contributed by atoms with Crippen molar-refractivity contribution < 1.29 is 9.59 Å². The summed E-state index contributed by atoms with van der Waals surface area (Å²) in [6, 6.07) is 16.0. The minimum absolute atomic E-state index is 0.235. The van der Waals surface area contributed by atoms with Gasteiger partial charge in [-0.15, -0.1) is 0 Å². The molecular formula is C28H31N7O2. The number of nitrogens with zero attached hydrogens (tertiary/aromatic N) is 4. The third-order valence-electron chi connectivity index (χ3n) is 7.14. The number of hydrogen-bond donors (Lipinski definition) is 3. The van der Waals surface area contributed by atoms with E-state index in [1.165, 1.54) is 11.8 Å². The largest absolute Gasteiger partial charge is 0.365 e. The number of hydrogen-bond acceptors (Lipinski definition) is 6. The van der Waals surface area contributed by atoms with E-state index in [2.05, 4.69) is 32.6 Å². The third-order valence-corrected chi connectivity index (χ3v) is 7.14. The van der Waals surface area contributed by atoms with E-state index in [0.29, 0.717) is 29.4 Å². The predicted octanol–water partition coefficient (Wildman–Crippen LogP) is 4.68. The summed E-state index contributed by atoms with van der Waals surface area (Å²) in [5.74, 6) is 0.745. The smallest absolute Gasteiger partial charge is 0.252 e. The number of benzene rings is 2. The number of pyridine rings is 1. The highest BCUT2D eigenvalue weighted by atomic mass is 16.2. The van der Waals surface area contributed by atoms with Crippen LogP contribution < -0.4 is 16.0 Å². The number of carbonyl (C=O) groups excluding carboxylic acids is 2. The molecule has 1 fully saturated rings. The summed E-state index contributed by atoms with van der Waals surface area (Å²) >= 11 is 0. The minimum atomic E-state index is -0.545. The summed E-state index contributed by atoms with van der Waals surface area (Å²) in [7, 11) is 1.89. The lowest BCUT2D eigenvalue weighted by molar-refractivity contribution is -0.131. The van der Waals surface area contributed by atoms with Gasteiger partial charge < -0.3 is 20.9 Å². The zero-order chi connectivity index (χ0) is 25.9. The lowest BCUT2D eigenvalue weighted by Crippen LogP contribution is -2.37. The lowest BCUT2D eigenvalue weighted by atomic mass is 9.89. The van der Waals surface area contributed by atoms with Gasteiger partial charge in [0.1, 0.15) is 5.82 Å². The number of carbonyl (C=O) groups is 2. The first-order chi connectivity index (χ1) is 17.9. The molecule has 0 atom stereocenters. The molecule has 1 aliphatic rings. The van der Waals surface area contributed by atoms with Crippen LogP contribution in [0.5, 0.6) is 0 Å². The molecule has 190 valence electrons. The molecule has 3 heterocycles. The van der Waals surface area contributed by atoms with Crippen molar-refractivity contribution in [3.05, 3.63) is 72.1 Å².